The normalized spacial score (nSPS) is 13.7. The van der Waals surface area contributed by atoms with Gasteiger partial charge in [0.1, 0.15) is 0 Å². The first-order valence-corrected chi connectivity index (χ1v) is 9.29. The molecule has 1 N–H and O–H groups in total. The lowest BCUT2D eigenvalue weighted by Crippen LogP contribution is -2.35. The zero-order valence-corrected chi connectivity index (χ0v) is 17.3. The lowest BCUT2D eigenvalue weighted by Gasteiger charge is -2.25. The predicted octanol–water partition coefficient (Wildman–Crippen LogP) is 3.83. The van der Waals surface area contributed by atoms with Crippen molar-refractivity contribution in [1.29, 1.82) is 0 Å². The fourth-order valence-corrected chi connectivity index (χ4v) is 3.22. The Morgan fingerprint density at radius 1 is 1.23 bits per heavy atom. The third-order valence-electron chi connectivity index (χ3n) is 4.71. The van der Waals surface area contributed by atoms with Gasteiger partial charge in [0, 0.05) is 13.0 Å². The van der Waals surface area contributed by atoms with E-state index in [4.69, 9.17) is 11.6 Å². The molecule has 0 aliphatic heterocycles. The van der Waals surface area contributed by atoms with Gasteiger partial charge in [-0.05, 0) is 47.4 Å². The van der Waals surface area contributed by atoms with Crippen molar-refractivity contribution in [2.45, 2.75) is 46.2 Å². The van der Waals surface area contributed by atoms with Crippen molar-refractivity contribution >= 4 is 17.5 Å². The monoisotopic (exact) mass is 376 g/mol. The highest BCUT2D eigenvalue weighted by atomic mass is 35.5. The number of benzene rings is 1. The molecule has 0 spiro atoms. The molecule has 2 atom stereocenters. The highest BCUT2D eigenvalue weighted by Gasteiger charge is 2.19. The third-order valence-corrected chi connectivity index (χ3v) is 5.26. The Hall–Kier alpha value is -1.85. The minimum absolute atomic E-state index is 0.0140. The summed E-state index contributed by atoms with van der Waals surface area (Å²) in [6.45, 7) is 8.43. The van der Waals surface area contributed by atoms with Gasteiger partial charge in [-0.25, -0.2) is 0 Å². The Labute approximate surface area is 161 Å². The summed E-state index contributed by atoms with van der Waals surface area (Å²) in [7, 11) is 4.05. The van der Waals surface area contributed by atoms with E-state index < -0.39 is 0 Å². The molecule has 1 amide bonds. The zero-order valence-electron chi connectivity index (χ0n) is 16.5. The van der Waals surface area contributed by atoms with Gasteiger partial charge >= 0.3 is 0 Å². The van der Waals surface area contributed by atoms with Crippen molar-refractivity contribution in [2.75, 3.05) is 20.6 Å². The van der Waals surface area contributed by atoms with E-state index in [2.05, 4.69) is 46.5 Å². The van der Waals surface area contributed by atoms with Gasteiger partial charge in [-0.3, -0.25) is 9.48 Å². The number of aryl methyl sites for hydroxylation is 2. The lowest BCUT2D eigenvalue weighted by atomic mass is 10.0. The second kappa shape index (κ2) is 8.69. The topological polar surface area (TPSA) is 50.2 Å². The van der Waals surface area contributed by atoms with Crippen molar-refractivity contribution in [1.82, 2.24) is 20.0 Å². The summed E-state index contributed by atoms with van der Waals surface area (Å²) in [6, 6.07) is 8.53. The molecule has 0 saturated carbocycles. The quantitative estimate of drug-likeness (QED) is 0.798. The van der Waals surface area contributed by atoms with Crippen LogP contribution >= 0.6 is 11.6 Å². The molecular weight excluding hydrogens is 348 g/mol. The van der Waals surface area contributed by atoms with Crippen LogP contribution in [0.3, 0.4) is 0 Å². The molecule has 2 aromatic rings. The number of hydrogen-bond donors (Lipinski definition) is 1. The molecule has 26 heavy (non-hydrogen) atoms. The number of nitrogens with zero attached hydrogens (tertiary/aromatic N) is 3. The maximum Gasteiger partial charge on any atom is 0.222 e. The van der Waals surface area contributed by atoms with E-state index in [0.717, 1.165) is 11.4 Å². The van der Waals surface area contributed by atoms with E-state index >= 15 is 0 Å². The van der Waals surface area contributed by atoms with E-state index in [1.54, 1.807) is 0 Å². The summed E-state index contributed by atoms with van der Waals surface area (Å²) in [4.78, 5) is 14.6. The van der Waals surface area contributed by atoms with E-state index in [1.807, 2.05) is 39.5 Å². The van der Waals surface area contributed by atoms with E-state index in [9.17, 15) is 4.79 Å². The maximum atomic E-state index is 12.4. The molecule has 1 aromatic carbocycles. The molecule has 1 aromatic heterocycles. The molecule has 0 saturated heterocycles. The highest BCUT2D eigenvalue weighted by molar-refractivity contribution is 6.31. The number of likely N-dealkylation sites (N-methyl/N-ethyl adjacent to an activating group) is 1. The Balaban J connectivity index is 1.97. The number of carbonyl (C=O) groups excluding carboxylic acids is 1. The van der Waals surface area contributed by atoms with Crippen LogP contribution in [-0.4, -0.2) is 41.2 Å². The van der Waals surface area contributed by atoms with Crippen LogP contribution < -0.4 is 5.32 Å². The van der Waals surface area contributed by atoms with Crippen molar-refractivity contribution in [3.63, 3.8) is 0 Å². The number of halogens is 1. The van der Waals surface area contributed by atoms with Gasteiger partial charge in [0.05, 0.1) is 28.5 Å². The Kier molecular flexibility index (Phi) is 6.84. The Morgan fingerprint density at radius 3 is 2.35 bits per heavy atom. The van der Waals surface area contributed by atoms with Gasteiger partial charge in [0.2, 0.25) is 5.91 Å². The fraction of sp³-hybridized carbons (Fsp3) is 0.500. The van der Waals surface area contributed by atoms with Gasteiger partial charge in [-0.2, -0.15) is 5.10 Å². The predicted molar refractivity (Wildman–Crippen MR) is 107 cm³/mol. The van der Waals surface area contributed by atoms with Crippen LogP contribution in [0.4, 0.5) is 0 Å². The molecule has 0 unspecified atom stereocenters. The summed E-state index contributed by atoms with van der Waals surface area (Å²) in [5.41, 5.74) is 4.12. The molecular formula is C20H29ClN4O. The summed E-state index contributed by atoms with van der Waals surface area (Å²) in [5.74, 6) is 0.0140. The molecule has 0 aliphatic rings. The summed E-state index contributed by atoms with van der Waals surface area (Å²) in [5, 5.41) is 8.17. The van der Waals surface area contributed by atoms with Gasteiger partial charge in [0.15, 0.2) is 0 Å². The highest BCUT2D eigenvalue weighted by Crippen LogP contribution is 2.23. The van der Waals surface area contributed by atoms with Gasteiger partial charge in [0.25, 0.3) is 0 Å². The van der Waals surface area contributed by atoms with Crippen LogP contribution in [0.1, 0.15) is 47.9 Å². The van der Waals surface area contributed by atoms with Crippen LogP contribution in [0.25, 0.3) is 0 Å². The number of carbonyl (C=O) groups is 1. The Bertz CT molecular complexity index is 752. The van der Waals surface area contributed by atoms with Gasteiger partial charge in [-0.1, -0.05) is 41.4 Å². The second-order valence-corrected chi connectivity index (χ2v) is 7.55. The van der Waals surface area contributed by atoms with Crippen LogP contribution in [0.5, 0.6) is 0 Å². The van der Waals surface area contributed by atoms with Crippen LogP contribution in [0, 0.1) is 20.8 Å². The molecule has 1 heterocycles. The molecule has 5 nitrogen and oxygen atoms in total. The van der Waals surface area contributed by atoms with E-state index in [0.29, 0.717) is 18.0 Å². The first-order valence-electron chi connectivity index (χ1n) is 8.91. The largest absolute Gasteiger partial charge is 0.354 e. The first-order chi connectivity index (χ1) is 12.2. The number of hydrogen-bond acceptors (Lipinski definition) is 3. The smallest absolute Gasteiger partial charge is 0.222 e. The minimum Gasteiger partial charge on any atom is -0.354 e. The lowest BCUT2D eigenvalue weighted by molar-refractivity contribution is -0.122. The zero-order chi connectivity index (χ0) is 19.4. The van der Waals surface area contributed by atoms with Crippen molar-refractivity contribution in [2.24, 2.45) is 0 Å². The number of aromatic nitrogens is 2. The number of amides is 1. The van der Waals surface area contributed by atoms with Crippen LogP contribution in [0.15, 0.2) is 24.3 Å². The van der Waals surface area contributed by atoms with E-state index in [-0.39, 0.29) is 18.0 Å². The van der Waals surface area contributed by atoms with E-state index in [1.165, 1.54) is 11.1 Å². The molecule has 2 rings (SSSR count). The van der Waals surface area contributed by atoms with Crippen LogP contribution in [-0.2, 0) is 4.79 Å². The molecule has 0 radical (unpaired) electrons. The number of rotatable bonds is 7. The summed E-state index contributed by atoms with van der Waals surface area (Å²) < 4.78 is 1.83. The van der Waals surface area contributed by atoms with Crippen molar-refractivity contribution in [3.8, 4) is 0 Å². The molecule has 0 fully saturated rings. The Morgan fingerprint density at radius 2 is 1.85 bits per heavy atom. The second-order valence-electron chi connectivity index (χ2n) is 7.18. The first kappa shape index (κ1) is 20.5. The molecule has 0 bridgehead atoms. The van der Waals surface area contributed by atoms with Crippen LogP contribution in [0.2, 0.25) is 5.02 Å². The average Bonchev–Trinajstić information content (AvgIpc) is 2.84. The number of nitrogens with one attached hydrogen (secondary N) is 1. The van der Waals surface area contributed by atoms with Gasteiger partial charge in [-0.15, -0.1) is 0 Å². The minimum atomic E-state index is -0.0432. The molecule has 142 valence electrons. The fourth-order valence-electron chi connectivity index (χ4n) is 3.10. The maximum absolute atomic E-state index is 12.4. The SMILES string of the molecule is Cc1ccc([C@H](CNC(=O)C[C@@H](C)n2nc(C)c(Cl)c2C)N(C)C)cc1. The average molecular weight is 377 g/mol. The summed E-state index contributed by atoms with van der Waals surface area (Å²) >= 11 is 6.21. The third kappa shape index (κ3) is 4.86. The summed E-state index contributed by atoms with van der Waals surface area (Å²) in [6.07, 6.45) is 0.367. The van der Waals surface area contributed by atoms with Crippen molar-refractivity contribution in [3.05, 3.63) is 51.8 Å². The molecule has 0 aliphatic carbocycles. The van der Waals surface area contributed by atoms with Gasteiger partial charge < -0.3 is 10.2 Å². The van der Waals surface area contributed by atoms with Crippen molar-refractivity contribution < 1.29 is 4.79 Å². The standard InChI is InChI=1S/C20H29ClN4O/c1-13-7-9-17(10-8-13)18(24(5)6)12-22-19(26)11-14(2)25-16(4)20(21)15(3)23-25/h7-10,14,18H,11-12H2,1-6H3,(H,22,26)/t14-,18+/m1/s1. The molecule has 6 heteroatoms.